The first kappa shape index (κ1) is 34.2. The number of unbranched alkanes of at least 4 members (excludes halogenated alkanes) is 2. The van der Waals surface area contributed by atoms with Crippen LogP contribution in [0.1, 0.15) is 63.9 Å². The second-order valence-electron chi connectivity index (χ2n) is 9.30. The average molecular weight is 562 g/mol. The van der Waals surface area contributed by atoms with Crippen LogP contribution in [-0.2, 0) is 39.9 Å². The lowest BCUT2D eigenvalue weighted by Crippen LogP contribution is -2.31. The molecular formula is C28H43N5O7. The van der Waals surface area contributed by atoms with E-state index >= 15 is 0 Å². The van der Waals surface area contributed by atoms with Crippen molar-refractivity contribution >= 4 is 41.0 Å². The number of carbonyl (C=O) groups is 6. The molecule has 0 radical (unpaired) electrons. The molecule has 0 saturated heterocycles. The van der Waals surface area contributed by atoms with Crippen molar-refractivity contribution in [2.24, 2.45) is 0 Å². The molecule has 0 saturated carbocycles. The number of nitrogens with one attached hydrogen (secondary N) is 5. The number of hydrogen-bond acceptors (Lipinski definition) is 7. The number of amides is 5. The summed E-state index contributed by atoms with van der Waals surface area (Å²) in [6, 6.07) is 6.70. The smallest absolute Gasteiger partial charge is 0.233 e. The predicted molar refractivity (Wildman–Crippen MR) is 150 cm³/mol. The Morgan fingerprint density at radius 1 is 0.650 bits per heavy atom. The molecule has 12 heteroatoms. The number of benzene rings is 1. The summed E-state index contributed by atoms with van der Waals surface area (Å²) >= 11 is 0. The van der Waals surface area contributed by atoms with Gasteiger partial charge in [0.25, 0.3) is 0 Å². The molecule has 0 unspecified atom stereocenters. The highest BCUT2D eigenvalue weighted by molar-refractivity contribution is 6.03. The van der Waals surface area contributed by atoms with Gasteiger partial charge in [-0.3, -0.25) is 24.0 Å². The highest BCUT2D eigenvalue weighted by Gasteiger charge is 2.10. The largest absolute Gasteiger partial charge is 0.380 e. The van der Waals surface area contributed by atoms with E-state index in [0.717, 1.165) is 24.8 Å². The first-order chi connectivity index (χ1) is 19.2. The summed E-state index contributed by atoms with van der Waals surface area (Å²) in [5, 5.41) is 13.2. The van der Waals surface area contributed by atoms with Crippen LogP contribution in [0.25, 0.3) is 0 Å². The third-order valence-corrected chi connectivity index (χ3v) is 5.67. The molecule has 5 amide bonds. The molecule has 40 heavy (non-hydrogen) atoms. The van der Waals surface area contributed by atoms with Crippen LogP contribution in [0, 0.1) is 0 Å². The Kier molecular flexibility index (Phi) is 18.0. The highest BCUT2D eigenvalue weighted by atomic mass is 16.5. The van der Waals surface area contributed by atoms with E-state index in [0.29, 0.717) is 38.1 Å². The maximum Gasteiger partial charge on any atom is 0.233 e. The number of anilines is 1. The minimum atomic E-state index is -0.469. The number of rotatable bonds is 21. The van der Waals surface area contributed by atoms with Crippen molar-refractivity contribution < 1.29 is 33.5 Å². The van der Waals surface area contributed by atoms with Gasteiger partial charge in [0.05, 0.1) is 13.0 Å². The Bertz CT molecular complexity index is 966. The van der Waals surface area contributed by atoms with Crippen LogP contribution >= 0.6 is 0 Å². The van der Waals surface area contributed by atoms with Gasteiger partial charge in [0.2, 0.25) is 29.5 Å². The zero-order valence-corrected chi connectivity index (χ0v) is 23.6. The quantitative estimate of drug-likeness (QED) is 0.110. The Hall–Kier alpha value is -3.80. The minimum absolute atomic E-state index is 0.0378. The summed E-state index contributed by atoms with van der Waals surface area (Å²) in [4.78, 5) is 69.9. The summed E-state index contributed by atoms with van der Waals surface area (Å²) in [6.07, 6.45) is 4.12. The molecule has 0 aliphatic heterocycles. The van der Waals surface area contributed by atoms with Gasteiger partial charge >= 0.3 is 0 Å². The van der Waals surface area contributed by atoms with Gasteiger partial charge in [0.1, 0.15) is 12.2 Å². The van der Waals surface area contributed by atoms with E-state index in [-0.39, 0.29) is 62.5 Å². The van der Waals surface area contributed by atoms with Crippen molar-refractivity contribution in [3.05, 3.63) is 29.8 Å². The number of ketones is 1. The molecule has 0 atom stereocenters. The van der Waals surface area contributed by atoms with Crippen LogP contribution in [0.4, 0.5) is 5.69 Å². The first-order valence-corrected chi connectivity index (χ1v) is 13.7. The minimum Gasteiger partial charge on any atom is -0.380 e. The fourth-order valence-electron chi connectivity index (χ4n) is 3.50. The van der Waals surface area contributed by atoms with Crippen molar-refractivity contribution in [1.82, 2.24) is 21.3 Å². The van der Waals surface area contributed by atoms with E-state index in [9.17, 15) is 28.8 Å². The molecule has 0 fully saturated rings. The van der Waals surface area contributed by atoms with Crippen LogP contribution in [0.15, 0.2) is 24.3 Å². The fraction of sp³-hybridized carbons (Fsp3) is 0.571. The lowest BCUT2D eigenvalue weighted by Gasteiger charge is -2.09. The Morgan fingerprint density at radius 3 is 2.05 bits per heavy atom. The van der Waals surface area contributed by atoms with E-state index in [4.69, 9.17) is 4.74 Å². The van der Waals surface area contributed by atoms with Crippen LogP contribution in [-0.4, -0.2) is 75.2 Å². The molecule has 1 aromatic carbocycles. The summed E-state index contributed by atoms with van der Waals surface area (Å²) < 4.78 is 5.42. The lowest BCUT2D eigenvalue weighted by molar-refractivity contribution is -0.127. The van der Waals surface area contributed by atoms with Crippen molar-refractivity contribution in [3.63, 3.8) is 0 Å². The molecule has 1 aromatic rings. The van der Waals surface area contributed by atoms with Gasteiger partial charge in [0, 0.05) is 58.2 Å². The monoisotopic (exact) mass is 561 g/mol. The Balaban J connectivity index is 2.09. The number of Topliss-reactive ketones (excluding diaryl/α,β-unsaturated/α-hetero) is 1. The second kappa shape index (κ2) is 21.1. The standard InChI is InChI=1S/C28H43N5O7/c1-21(34)7-4-3-5-14-30-25(36)8-6-17-40-18-16-32-27(38)20-28(39)33-23-11-9-22(10-12-23)19-26(37)31-15-13-24(35)29-2/h9-12H,3-8,13-20H2,1-2H3,(H,29,35)(H,30,36)(H,31,37)(H,32,38)(H,33,39). The zero-order valence-electron chi connectivity index (χ0n) is 23.6. The first-order valence-electron chi connectivity index (χ1n) is 13.7. The fourth-order valence-corrected chi connectivity index (χ4v) is 3.50. The summed E-state index contributed by atoms with van der Waals surface area (Å²) in [6.45, 7) is 3.34. The van der Waals surface area contributed by atoms with Crippen molar-refractivity contribution in [1.29, 1.82) is 0 Å². The number of carbonyl (C=O) groups excluding carboxylic acids is 6. The third kappa shape index (κ3) is 18.5. The summed E-state index contributed by atoms with van der Waals surface area (Å²) in [5.74, 6) is -1.12. The van der Waals surface area contributed by atoms with Gasteiger partial charge in [-0.15, -0.1) is 0 Å². The molecule has 0 aromatic heterocycles. The number of ether oxygens (including phenoxy) is 1. The SMILES string of the molecule is CNC(=O)CCNC(=O)Cc1ccc(NC(=O)CC(=O)NCCOCCCC(=O)NCCCCCC(C)=O)cc1. The van der Waals surface area contributed by atoms with E-state index < -0.39 is 11.8 Å². The number of hydrogen-bond donors (Lipinski definition) is 5. The topological polar surface area (TPSA) is 172 Å². The molecule has 5 N–H and O–H groups in total. The molecule has 0 bridgehead atoms. The van der Waals surface area contributed by atoms with E-state index in [1.165, 1.54) is 7.05 Å². The molecule has 12 nitrogen and oxygen atoms in total. The molecule has 0 heterocycles. The second-order valence-corrected chi connectivity index (χ2v) is 9.30. The molecular weight excluding hydrogens is 518 g/mol. The maximum absolute atomic E-state index is 12.1. The predicted octanol–water partition coefficient (Wildman–Crippen LogP) is 0.989. The Labute approximate surface area is 235 Å². The van der Waals surface area contributed by atoms with Gasteiger partial charge in [0.15, 0.2) is 0 Å². The van der Waals surface area contributed by atoms with Gasteiger partial charge < -0.3 is 36.1 Å². The van der Waals surface area contributed by atoms with Crippen molar-refractivity contribution in [3.8, 4) is 0 Å². The van der Waals surface area contributed by atoms with Gasteiger partial charge in [-0.05, 0) is 43.9 Å². The zero-order chi connectivity index (χ0) is 29.6. The van der Waals surface area contributed by atoms with E-state index in [2.05, 4.69) is 26.6 Å². The van der Waals surface area contributed by atoms with Gasteiger partial charge in [-0.1, -0.05) is 18.6 Å². The van der Waals surface area contributed by atoms with Crippen LogP contribution in [0.3, 0.4) is 0 Å². The molecule has 1 rings (SSSR count). The third-order valence-electron chi connectivity index (χ3n) is 5.67. The Morgan fingerprint density at radius 2 is 1.35 bits per heavy atom. The summed E-state index contributed by atoms with van der Waals surface area (Å²) in [5.41, 5.74) is 1.24. The van der Waals surface area contributed by atoms with Crippen molar-refractivity contribution in [2.75, 3.05) is 45.2 Å². The van der Waals surface area contributed by atoms with Gasteiger partial charge in [-0.2, -0.15) is 0 Å². The molecule has 0 aliphatic carbocycles. The van der Waals surface area contributed by atoms with Gasteiger partial charge in [-0.25, -0.2) is 0 Å². The van der Waals surface area contributed by atoms with Crippen LogP contribution in [0.5, 0.6) is 0 Å². The van der Waals surface area contributed by atoms with E-state index in [1.54, 1.807) is 31.2 Å². The molecule has 222 valence electrons. The highest BCUT2D eigenvalue weighted by Crippen LogP contribution is 2.10. The summed E-state index contributed by atoms with van der Waals surface area (Å²) in [7, 11) is 1.53. The van der Waals surface area contributed by atoms with Crippen molar-refractivity contribution in [2.45, 2.75) is 64.7 Å². The molecule has 0 aliphatic rings. The normalized spacial score (nSPS) is 10.3. The lowest BCUT2D eigenvalue weighted by atomic mass is 10.1. The molecule has 0 spiro atoms. The average Bonchev–Trinajstić information content (AvgIpc) is 2.90. The van der Waals surface area contributed by atoms with E-state index in [1.807, 2.05) is 0 Å². The van der Waals surface area contributed by atoms with Crippen LogP contribution in [0.2, 0.25) is 0 Å². The maximum atomic E-state index is 12.1. The van der Waals surface area contributed by atoms with Crippen LogP contribution < -0.4 is 26.6 Å².